The molecule has 1 aromatic rings. The highest BCUT2D eigenvalue weighted by Crippen LogP contribution is 2.11. The first-order valence-electron chi connectivity index (χ1n) is 6.25. The average Bonchev–Trinajstić information content (AvgIpc) is 2.35. The lowest BCUT2D eigenvalue weighted by Gasteiger charge is -2.13. The number of carbonyl (C=O) groups is 1. The minimum atomic E-state index is 0.0638. The summed E-state index contributed by atoms with van der Waals surface area (Å²) >= 11 is 5.54. The third kappa shape index (κ3) is 5.92. The Balaban J connectivity index is 2.26. The molecule has 0 spiro atoms. The Morgan fingerprint density at radius 3 is 2.67 bits per heavy atom. The van der Waals surface area contributed by atoms with Gasteiger partial charge < -0.3 is 10.4 Å². The van der Waals surface area contributed by atoms with Crippen molar-refractivity contribution in [3.05, 3.63) is 29.8 Å². The number of aryl methyl sites for hydroxylation is 1. The van der Waals surface area contributed by atoms with E-state index in [0.29, 0.717) is 12.3 Å². The summed E-state index contributed by atoms with van der Waals surface area (Å²) < 4.78 is 0. The van der Waals surface area contributed by atoms with E-state index < -0.39 is 0 Å². The predicted octanol–water partition coefficient (Wildman–Crippen LogP) is 2.85. The molecule has 1 aromatic carbocycles. The Kier molecular flexibility index (Phi) is 6.58. The molecular weight excluding hydrogens is 250 g/mol. The molecule has 1 atom stereocenters. The van der Waals surface area contributed by atoms with Crippen LogP contribution in [0.5, 0.6) is 5.75 Å². The summed E-state index contributed by atoms with van der Waals surface area (Å²) in [7, 11) is 0. The van der Waals surface area contributed by atoms with Crippen molar-refractivity contribution in [2.75, 3.05) is 5.88 Å². The molecule has 3 nitrogen and oxygen atoms in total. The second-order valence-electron chi connectivity index (χ2n) is 4.47. The molecule has 18 heavy (non-hydrogen) atoms. The maximum Gasteiger partial charge on any atom is 0.220 e. The number of amides is 1. The number of hydrogen-bond acceptors (Lipinski definition) is 2. The van der Waals surface area contributed by atoms with Crippen LogP contribution in [0.15, 0.2) is 24.3 Å². The maximum absolute atomic E-state index is 11.5. The number of halogens is 1. The van der Waals surface area contributed by atoms with Gasteiger partial charge in [-0.3, -0.25) is 4.79 Å². The molecule has 0 fully saturated rings. The van der Waals surface area contributed by atoms with Gasteiger partial charge in [0.1, 0.15) is 5.75 Å². The molecule has 1 unspecified atom stereocenters. The van der Waals surface area contributed by atoms with E-state index in [1.165, 1.54) is 0 Å². The van der Waals surface area contributed by atoms with E-state index in [1.54, 1.807) is 12.1 Å². The zero-order valence-electron chi connectivity index (χ0n) is 10.7. The molecule has 0 saturated heterocycles. The Labute approximate surface area is 113 Å². The second kappa shape index (κ2) is 7.98. The average molecular weight is 270 g/mol. The van der Waals surface area contributed by atoms with Crippen LogP contribution < -0.4 is 5.32 Å². The van der Waals surface area contributed by atoms with E-state index in [-0.39, 0.29) is 17.7 Å². The molecule has 0 radical (unpaired) electrons. The van der Waals surface area contributed by atoms with Crippen molar-refractivity contribution < 1.29 is 9.90 Å². The molecule has 0 bridgehead atoms. The van der Waals surface area contributed by atoms with Gasteiger partial charge in [-0.1, -0.05) is 12.1 Å². The summed E-state index contributed by atoms with van der Waals surface area (Å²) in [6.07, 6.45) is 2.99. The summed E-state index contributed by atoms with van der Waals surface area (Å²) in [4.78, 5) is 11.5. The van der Waals surface area contributed by atoms with Crippen LogP contribution >= 0.6 is 11.6 Å². The zero-order valence-corrected chi connectivity index (χ0v) is 11.4. The fourth-order valence-corrected chi connectivity index (χ4v) is 1.83. The van der Waals surface area contributed by atoms with Crippen LogP contribution in [-0.2, 0) is 11.2 Å². The highest BCUT2D eigenvalue weighted by molar-refractivity contribution is 6.17. The second-order valence-corrected chi connectivity index (χ2v) is 4.84. The lowest BCUT2D eigenvalue weighted by Crippen LogP contribution is -2.32. The molecule has 1 rings (SSSR count). The SMILES string of the molecule is CC(CCc1ccc(O)cc1)NC(=O)CCCCl. The van der Waals surface area contributed by atoms with E-state index in [9.17, 15) is 4.79 Å². The lowest BCUT2D eigenvalue weighted by molar-refractivity contribution is -0.121. The highest BCUT2D eigenvalue weighted by atomic mass is 35.5. The topological polar surface area (TPSA) is 49.3 Å². The first-order valence-corrected chi connectivity index (χ1v) is 6.78. The van der Waals surface area contributed by atoms with Gasteiger partial charge in [-0.2, -0.15) is 0 Å². The van der Waals surface area contributed by atoms with Crippen LogP contribution in [0.1, 0.15) is 31.7 Å². The largest absolute Gasteiger partial charge is 0.508 e. The number of rotatable bonds is 7. The Morgan fingerprint density at radius 2 is 2.06 bits per heavy atom. The molecule has 0 heterocycles. The first kappa shape index (κ1) is 14.8. The minimum Gasteiger partial charge on any atom is -0.508 e. The van der Waals surface area contributed by atoms with E-state index in [4.69, 9.17) is 16.7 Å². The number of nitrogens with one attached hydrogen (secondary N) is 1. The first-order chi connectivity index (χ1) is 8.61. The third-order valence-electron chi connectivity index (χ3n) is 2.75. The summed E-state index contributed by atoms with van der Waals surface area (Å²) in [6.45, 7) is 2.00. The Hall–Kier alpha value is -1.22. The van der Waals surface area contributed by atoms with E-state index in [0.717, 1.165) is 24.8 Å². The summed E-state index contributed by atoms with van der Waals surface area (Å²) in [5.41, 5.74) is 1.16. The molecule has 0 aliphatic rings. The molecular formula is C14H20ClNO2. The van der Waals surface area contributed by atoms with Crippen molar-refractivity contribution in [1.82, 2.24) is 5.32 Å². The fraction of sp³-hybridized carbons (Fsp3) is 0.500. The Bertz CT molecular complexity index is 365. The van der Waals surface area contributed by atoms with Gasteiger partial charge in [0.25, 0.3) is 0 Å². The highest BCUT2D eigenvalue weighted by Gasteiger charge is 2.07. The lowest BCUT2D eigenvalue weighted by atomic mass is 10.1. The molecule has 1 amide bonds. The number of alkyl halides is 1. The number of phenols is 1. The van der Waals surface area contributed by atoms with E-state index >= 15 is 0 Å². The summed E-state index contributed by atoms with van der Waals surface area (Å²) in [5.74, 6) is 0.866. The smallest absolute Gasteiger partial charge is 0.220 e. The van der Waals surface area contributed by atoms with Crippen LogP contribution in [0.3, 0.4) is 0 Å². The van der Waals surface area contributed by atoms with Crippen LogP contribution in [-0.4, -0.2) is 22.9 Å². The van der Waals surface area contributed by atoms with Gasteiger partial charge in [-0.25, -0.2) is 0 Å². The van der Waals surface area contributed by atoms with Gasteiger partial charge in [0.05, 0.1) is 0 Å². The van der Waals surface area contributed by atoms with E-state index in [2.05, 4.69) is 5.32 Å². The van der Waals surface area contributed by atoms with Crippen LogP contribution in [0.2, 0.25) is 0 Å². The molecule has 100 valence electrons. The summed E-state index contributed by atoms with van der Waals surface area (Å²) in [5, 5.41) is 12.1. The van der Waals surface area contributed by atoms with Crippen molar-refractivity contribution >= 4 is 17.5 Å². The van der Waals surface area contributed by atoms with E-state index in [1.807, 2.05) is 19.1 Å². The van der Waals surface area contributed by atoms with Crippen LogP contribution in [0.4, 0.5) is 0 Å². The van der Waals surface area contributed by atoms with Crippen molar-refractivity contribution in [3.8, 4) is 5.75 Å². The normalized spacial score (nSPS) is 12.1. The molecule has 0 aliphatic carbocycles. The molecule has 2 N–H and O–H groups in total. The van der Waals surface area contributed by atoms with Gasteiger partial charge in [0, 0.05) is 18.3 Å². The van der Waals surface area contributed by atoms with Crippen molar-refractivity contribution in [3.63, 3.8) is 0 Å². The third-order valence-corrected chi connectivity index (χ3v) is 3.01. The van der Waals surface area contributed by atoms with Crippen molar-refractivity contribution in [2.45, 2.75) is 38.6 Å². The number of phenolic OH excluding ortho intramolecular Hbond substituents is 1. The fourth-order valence-electron chi connectivity index (χ4n) is 1.69. The van der Waals surface area contributed by atoms with Crippen molar-refractivity contribution in [2.24, 2.45) is 0 Å². The quantitative estimate of drug-likeness (QED) is 0.748. The standard InChI is InChI=1S/C14H20ClNO2/c1-11(16-14(18)3-2-10-15)4-5-12-6-8-13(17)9-7-12/h6-9,11,17H,2-5,10H2,1H3,(H,16,18). The van der Waals surface area contributed by atoms with Gasteiger partial charge in [-0.15, -0.1) is 11.6 Å². The predicted molar refractivity (Wildman–Crippen MR) is 74.0 cm³/mol. The van der Waals surface area contributed by atoms with Gasteiger partial charge >= 0.3 is 0 Å². The number of benzene rings is 1. The maximum atomic E-state index is 11.5. The number of aromatic hydroxyl groups is 1. The molecule has 4 heteroatoms. The zero-order chi connectivity index (χ0) is 13.4. The molecule has 0 saturated carbocycles. The number of hydrogen-bond donors (Lipinski definition) is 2. The molecule has 0 aromatic heterocycles. The Morgan fingerprint density at radius 1 is 1.39 bits per heavy atom. The molecule has 0 aliphatic heterocycles. The van der Waals surface area contributed by atoms with Gasteiger partial charge in [0.2, 0.25) is 5.91 Å². The van der Waals surface area contributed by atoms with Crippen molar-refractivity contribution in [1.29, 1.82) is 0 Å². The number of carbonyl (C=O) groups excluding carboxylic acids is 1. The monoisotopic (exact) mass is 269 g/mol. The van der Waals surface area contributed by atoms with Crippen LogP contribution in [0.25, 0.3) is 0 Å². The minimum absolute atomic E-state index is 0.0638. The van der Waals surface area contributed by atoms with Gasteiger partial charge in [-0.05, 0) is 43.9 Å². The summed E-state index contributed by atoms with van der Waals surface area (Å²) in [6, 6.07) is 7.31. The van der Waals surface area contributed by atoms with Crippen LogP contribution in [0, 0.1) is 0 Å². The van der Waals surface area contributed by atoms with Gasteiger partial charge in [0.15, 0.2) is 0 Å².